The molecule has 0 unspecified atom stereocenters. The topological polar surface area (TPSA) is 51.2 Å². The number of methoxy groups -OCH3 is 1. The third-order valence-electron chi connectivity index (χ3n) is 3.03. The average Bonchev–Trinajstić information content (AvgIpc) is 2.55. The van der Waals surface area contributed by atoms with Gasteiger partial charge >= 0.3 is 0 Å². The smallest absolute Gasteiger partial charge is 0.189 e. The second-order valence-electron chi connectivity index (χ2n) is 4.48. The van der Waals surface area contributed by atoms with Crippen LogP contribution in [0.3, 0.4) is 0 Å². The molecule has 0 atom stereocenters. The molecule has 1 aromatic heterocycles. The Kier molecular flexibility index (Phi) is 5.10. The van der Waals surface area contributed by atoms with E-state index in [4.69, 9.17) is 4.74 Å². The zero-order valence-corrected chi connectivity index (χ0v) is 12.2. The number of nitrogens with zero attached hydrogens (tertiary/aromatic N) is 1. The Morgan fingerprint density at radius 1 is 1.29 bits per heavy atom. The van der Waals surface area contributed by atoms with Crippen LogP contribution in [0.4, 0.5) is 5.69 Å². The average molecular weight is 282 g/mol. The number of pyridine rings is 1. The summed E-state index contributed by atoms with van der Waals surface area (Å²) in [5.41, 5.74) is 2.36. The van der Waals surface area contributed by atoms with Crippen LogP contribution in [0.15, 0.2) is 60.6 Å². The van der Waals surface area contributed by atoms with Gasteiger partial charge in [0, 0.05) is 35.4 Å². The van der Waals surface area contributed by atoms with E-state index < -0.39 is 0 Å². The van der Waals surface area contributed by atoms with Crippen molar-refractivity contribution >= 4 is 11.5 Å². The number of carbonyl (C=O) groups excluding carboxylic acids is 1. The van der Waals surface area contributed by atoms with Gasteiger partial charge in [-0.05, 0) is 42.8 Å². The number of allylic oxidation sites excluding steroid dienone is 2. The van der Waals surface area contributed by atoms with E-state index in [-0.39, 0.29) is 5.78 Å². The highest BCUT2D eigenvalue weighted by Crippen LogP contribution is 2.17. The molecule has 2 aromatic rings. The summed E-state index contributed by atoms with van der Waals surface area (Å²) < 4.78 is 5.12. The maximum atomic E-state index is 12.1. The fraction of sp³-hybridized carbons (Fsp3) is 0.176. The van der Waals surface area contributed by atoms with Crippen molar-refractivity contribution in [1.82, 2.24) is 4.98 Å². The monoisotopic (exact) mass is 282 g/mol. The van der Waals surface area contributed by atoms with Gasteiger partial charge in [0.2, 0.25) is 0 Å². The first-order valence-corrected chi connectivity index (χ1v) is 6.79. The molecule has 2 rings (SSSR count). The number of ketones is 1. The van der Waals surface area contributed by atoms with Gasteiger partial charge in [-0.25, -0.2) is 0 Å². The van der Waals surface area contributed by atoms with Crippen molar-refractivity contribution in [3.8, 4) is 5.75 Å². The number of ether oxygens (including phenoxy) is 1. The summed E-state index contributed by atoms with van der Waals surface area (Å²) in [6.45, 7) is 2.00. The molecule has 1 aromatic carbocycles. The minimum atomic E-state index is -0.0547. The normalized spacial score (nSPS) is 11.0. The molecule has 0 aliphatic rings. The van der Waals surface area contributed by atoms with Gasteiger partial charge in [-0.3, -0.25) is 9.78 Å². The second-order valence-corrected chi connectivity index (χ2v) is 4.48. The predicted molar refractivity (Wildman–Crippen MR) is 83.6 cm³/mol. The lowest BCUT2D eigenvalue weighted by Crippen LogP contribution is -2.03. The molecule has 0 aliphatic heterocycles. The van der Waals surface area contributed by atoms with Crippen LogP contribution >= 0.6 is 0 Å². The molecule has 0 radical (unpaired) electrons. The molecule has 0 saturated heterocycles. The number of hydrogen-bond acceptors (Lipinski definition) is 4. The Hall–Kier alpha value is -2.62. The van der Waals surface area contributed by atoms with Crippen LogP contribution in [-0.2, 0) is 0 Å². The van der Waals surface area contributed by atoms with Gasteiger partial charge in [0.1, 0.15) is 5.75 Å². The molecule has 4 nitrogen and oxygen atoms in total. The third kappa shape index (κ3) is 4.18. The first kappa shape index (κ1) is 14.8. The molecule has 4 heteroatoms. The van der Waals surface area contributed by atoms with Crippen LogP contribution in [0, 0.1) is 0 Å². The van der Waals surface area contributed by atoms with Gasteiger partial charge in [0.05, 0.1) is 7.11 Å². The van der Waals surface area contributed by atoms with E-state index in [0.29, 0.717) is 5.56 Å². The minimum Gasteiger partial charge on any atom is -0.497 e. The van der Waals surface area contributed by atoms with Crippen LogP contribution < -0.4 is 10.1 Å². The van der Waals surface area contributed by atoms with Crippen molar-refractivity contribution in [1.29, 1.82) is 0 Å². The van der Waals surface area contributed by atoms with Crippen molar-refractivity contribution in [3.63, 3.8) is 0 Å². The van der Waals surface area contributed by atoms with E-state index in [1.807, 2.05) is 31.2 Å². The molecule has 1 N–H and O–H groups in total. The first-order valence-electron chi connectivity index (χ1n) is 6.79. The number of hydrogen-bond donors (Lipinski definition) is 1. The van der Waals surface area contributed by atoms with Crippen molar-refractivity contribution in [2.24, 2.45) is 0 Å². The summed E-state index contributed by atoms with van der Waals surface area (Å²) in [4.78, 5) is 16.1. The molecule has 0 saturated carbocycles. The fourth-order valence-electron chi connectivity index (χ4n) is 1.84. The van der Waals surface area contributed by atoms with Crippen LogP contribution in [0.5, 0.6) is 5.75 Å². The number of aromatic nitrogens is 1. The molecule has 21 heavy (non-hydrogen) atoms. The number of anilines is 1. The van der Waals surface area contributed by atoms with E-state index >= 15 is 0 Å². The van der Waals surface area contributed by atoms with Crippen LogP contribution in [-0.4, -0.2) is 17.9 Å². The number of carbonyl (C=O) groups is 1. The van der Waals surface area contributed by atoms with E-state index in [9.17, 15) is 4.79 Å². The lowest BCUT2D eigenvalue weighted by molar-refractivity contribution is 0.104. The Bertz CT molecular complexity index is 619. The quantitative estimate of drug-likeness (QED) is 0.648. The second kappa shape index (κ2) is 7.24. The maximum absolute atomic E-state index is 12.1. The van der Waals surface area contributed by atoms with Gasteiger partial charge in [-0.2, -0.15) is 0 Å². The highest BCUT2D eigenvalue weighted by Gasteiger charge is 2.04. The van der Waals surface area contributed by atoms with Crippen LogP contribution in [0.1, 0.15) is 23.7 Å². The Balaban J connectivity index is 2.11. The molecule has 0 spiro atoms. The number of nitrogens with one attached hydrogen (secondary N) is 1. The highest BCUT2D eigenvalue weighted by atomic mass is 16.5. The molecule has 0 aliphatic carbocycles. The molecule has 0 amide bonds. The molecule has 1 heterocycles. The van der Waals surface area contributed by atoms with Gasteiger partial charge in [0.25, 0.3) is 0 Å². The van der Waals surface area contributed by atoms with Crippen molar-refractivity contribution in [3.05, 3.63) is 66.1 Å². The molecule has 108 valence electrons. The Morgan fingerprint density at radius 2 is 2.05 bits per heavy atom. The predicted octanol–water partition coefficient (Wildman–Crippen LogP) is 3.68. The zero-order valence-electron chi connectivity index (χ0n) is 12.2. The fourth-order valence-corrected chi connectivity index (χ4v) is 1.84. The van der Waals surface area contributed by atoms with Crippen LogP contribution in [0.25, 0.3) is 0 Å². The maximum Gasteiger partial charge on any atom is 0.189 e. The number of rotatable bonds is 6. The Morgan fingerprint density at radius 3 is 2.62 bits per heavy atom. The van der Waals surface area contributed by atoms with E-state index in [0.717, 1.165) is 23.6 Å². The van der Waals surface area contributed by atoms with Crippen molar-refractivity contribution < 1.29 is 9.53 Å². The number of benzene rings is 1. The SMILES string of the molecule is CC/C(=C/C(=O)c1cccnc1)Nc1ccc(OC)cc1. The molecule has 0 fully saturated rings. The van der Waals surface area contributed by atoms with E-state index in [2.05, 4.69) is 10.3 Å². The summed E-state index contributed by atoms with van der Waals surface area (Å²) in [7, 11) is 1.63. The zero-order chi connectivity index (χ0) is 15.1. The summed E-state index contributed by atoms with van der Waals surface area (Å²) in [5, 5.41) is 3.24. The van der Waals surface area contributed by atoms with Crippen molar-refractivity contribution in [2.75, 3.05) is 12.4 Å². The standard InChI is InChI=1S/C17H18N2O2/c1-3-14(11-17(20)13-5-4-10-18-12-13)19-15-6-8-16(21-2)9-7-15/h4-12,19H,3H2,1-2H3/b14-11-. The summed E-state index contributed by atoms with van der Waals surface area (Å²) in [5.74, 6) is 0.745. The first-order chi connectivity index (χ1) is 10.2. The third-order valence-corrected chi connectivity index (χ3v) is 3.03. The minimum absolute atomic E-state index is 0.0547. The summed E-state index contributed by atoms with van der Waals surface area (Å²) in [6.07, 6.45) is 5.57. The van der Waals surface area contributed by atoms with E-state index in [1.54, 1.807) is 37.7 Å². The van der Waals surface area contributed by atoms with Gasteiger partial charge < -0.3 is 10.1 Å². The largest absolute Gasteiger partial charge is 0.497 e. The lowest BCUT2D eigenvalue weighted by Gasteiger charge is -2.09. The van der Waals surface area contributed by atoms with Crippen molar-refractivity contribution in [2.45, 2.75) is 13.3 Å². The lowest BCUT2D eigenvalue weighted by atomic mass is 10.1. The molecular formula is C17H18N2O2. The molecule has 0 bridgehead atoms. The summed E-state index contributed by atoms with van der Waals surface area (Å²) >= 11 is 0. The van der Waals surface area contributed by atoms with Crippen LogP contribution in [0.2, 0.25) is 0 Å². The Labute approximate surface area is 124 Å². The van der Waals surface area contributed by atoms with Gasteiger partial charge in [0.15, 0.2) is 5.78 Å². The highest BCUT2D eigenvalue weighted by molar-refractivity contribution is 6.04. The van der Waals surface area contributed by atoms with Gasteiger partial charge in [-0.1, -0.05) is 6.92 Å². The summed E-state index contributed by atoms with van der Waals surface area (Å²) in [6, 6.07) is 11.1. The van der Waals surface area contributed by atoms with Gasteiger partial charge in [-0.15, -0.1) is 0 Å². The molecular weight excluding hydrogens is 264 g/mol. The van der Waals surface area contributed by atoms with E-state index in [1.165, 1.54) is 0 Å².